The molecule has 40 heavy (non-hydrogen) atoms. The maximum absolute atomic E-state index is 13.9. The summed E-state index contributed by atoms with van der Waals surface area (Å²) in [5.74, 6) is 0.919. The van der Waals surface area contributed by atoms with Gasteiger partial charge >= 0.3 is 5.97 Å². The van der Waals surface area contributed by atoms with Gasteiger partial charge in [-0.25, -0.2) is 9.79 Å². The fraction of sp³-hybridized carbons (Fsp3) is 0.296. The molecule has 0 N–H and O–H groups in total. The summed E-state index contributed by atoms with van der Waals surface area (Å²) in [6.07, 6.45) is 1.42. The average Bonchev–Trinajstić information content (AvgIpc) is 3.51. The molecule has 2 aliphatic rings. The number of nitro groups is 1. The average molecular weight is 568 g/mol. The number of aromatic nitrogens is 1. The van der Waals surface area contributed by atoms with E-state index in [1.165, 1.54) is 29.9 Å². The predicted molar refractivity (Wildman–Crippen MR) is 144 cm³/mol. The van der Waals surface area contributed by atoms with Gasteiger partial charge in [0.25, 0.3) is 11.2 Å². The maximum Gasteiger partial charge on any atom is 0.338 e. The van der Waals surface area contributed by atoms with Crippen molar-refractivity contribution in [1.82, 2.24) is 4.57 Å². The number of hydrogen-bond donors (Lipinski definition) is 0. The van der Waals surface area contributed by atoms with Crippen molar-refractivity contribution >= 4 is 29.1 Å². The van der Waals surface area contributed by atoms with E-state index in [0.717, 1.165) is 11.3 Å². The normalized spacial score (nSPS) is 15.9. The molecule has 3 heterocycles. The maximum atomic E-state index is 13.9. The molecule has 0 spiro atoms. The molecule has 0 saturated heterocycles. The van der Waals surface area contributed by atoms with Crippen molar-refractivity contribution in [3.8, 4) is 23.0 Å². The van der Waals surface area contributed by atoms with Crippen molar-refractivity contribution < 1.29 is 33.4 Å². The van der Waals surface area contributed by atoms with Crippen LogP contribution in [0.15, 0.2) is 51.4 Å². The van der Waals surface area contributed by atoms with Gasteiger partial charge in [0, 0.05) is 0 Å². The highest BCUT2D eigenvalue weighted by molar-refractivity contribution is 7.07. The van der Waals surface area contributed by atoms with Crippen LogP contribution in [0.1, 0.15) is 37.9 Å². The molecule has 0 unspecified atom stereocenters. The number of ether oxygens (including phenoxy) is 5. The van der Waals surface area contributed by atoms with Gasteiger partial charge in [0.15, 0.2) is 27.8 Å². The Hall–Kier alpha value is -4.65. The molecule has 5 rings (SSSR count). The van der Waals surface area contributed by atoms with Crippen molar-refractivity contribution in [2.45, 2.75) is 26.8 Å². The largest absolute Gasteiger partial charge is 0.493 e. The van der Waals surface area contributed by atoms with E-state index in [9.17, 15) is 19.7 Å². The van der Waals surface area contributed by atoms with Gasteiger partial charge in [-0.3, -0.25) is 19.5 Å². The third-order valence-corrected chi connectivity index (χ3v) is 7.31. The van der Waals surface area contributed by atoms with E-state index >= 15 is 0 Å². The summed E-state index contributed by atoms with van der Waals surface area (Å²) in [7, 11) is 1.52. The molecule has 0 aliphatic carbocycles. The molecular formula is C27H25N3O9S. The smallest absolute Gasteiger partial charge is 0.338 e. The van der Waals surface area contributed by atoms with E-state index in [-0.39, 0.29) is 40.5 Å². The van der Waals surface area contributed by atoms with Crippen LogP contribution in [0.3, 0.4) is 0 Å². The zero-order chi connectivity index (χ0) is 28.6. The standard InChI is InChI=1S/C27H25N3O9S/c1-5-36-19-9-15(7-8-18(19)35-4)24-23(26(32)37-6-2)14(3)28-27-29(24)25(31)22(40-27)11-16-10-20-21(39-13-38-20)12-17(16)30(33)34/h7-12,24H,5-6,13H2,1-4H3/b22-11-/t24-/m1/s1. The molecule has 12 nitrogen and oxygen atoms in total. The highest BCUT2D eigenvalue weighted by Crippen LogP contribution is 2.39. The lowest BCUT2D eigenvalue weighted by Crippen LogP contribution is -2.40. The monoisotopic (exact) mass is 567 g/mol. The minimum absolute atomic E-state index is 0.0559. The number of carbonyl (C=O) groups excluding carboxylic acids is 1. The lowest BCUT2D eigenvalue weighted by molar-refractivity contribution is -0.385. The summed E-state index contributed by atoms with van der Waals surface area (Å²) in [4.78, 5) is 43.2. The third kappa shape index (κ3) is 4.68. The molecule has 0 fully saturated rings. The third-order valence-electron chi connectivity index (χ3n) is 6.33. The number of rotatable bonds is 8. The fourth-order valence-corrected chi connectivity index (χ4v) is 5.64. The first-order valence-electron chi connectivity index (χ1n) is 12.4. The number of nitrogens with zero attached hydrogens (tertiary/aromatic N) is 3. The van der Waals surface area contributed by atoms with Gasteiger partial charge in [0.05, 0.1) is 58.7 Å². The second-order valence-electron chi connectivity index (χ2n) is 8.67. The summed E-state index contributed by atoms with van der Waals surface area (Å²) in [6, 6.07) is 6.99. The molecule has 13 heteroatoms. The number of fused-ring (bicyclic) bond motifs is 2. The van der Waals surface area contributed by atoms with E-state index in [2.05, 4.69) is 4.99 Å². The second-order valence-corrected chi connectivity index (χ2v) is 9.68. The summed E-state index contributed by atoms with van der Waals surface area (Å²) in [5, 5.41) is 11.8. The number of allylic oxidation sites excluding steroid dienone is 1. The van der Waals surface area contributed by atoms with Crippen molar-refractivity contribution in [2.75, 3.05) is 27.1 Å². The van der Waals surface area contributed by atoms with Gasteiger partial charge in [-0.1, -0.05) is 17.4 Å². The molecule has 0 radical (unpaired) electrons. The Morgan fingerprint density at radius 2 is 1.95 bits per heavy atom. The van der Waals surface area contributed by atoms with Crippen LogP contribution >= 0.6 is 11.3 Å². The van der Waals surface area contributed by atoms with Crippen LogP contribution in [-0.4, -0.2) is 42.6 Å². The van der Waals surface area contributed by atoms with Gasteiger partial charge in [0.2, 0.25) is 6.79 Å². The SMILES string of the molecule is CCOC(=O)C1=C(C)N=c2s/c(=C\c3cc4c(cc3[N+](=O)[O-])OCO4)c(=O)n2[C@@H]1c1ccc(OC)c(OCC)c1. The summed E-state index contributed by atoms with van der Waals surface area (Å²) >= 11 is 1.05. The minimum Gasteiger partial charge on any atom is -0.493 e. The number of benzene rings is 2. The van der Waals surface area contributed by atoms with Crippen molar-refractivity contribution in [3.05, 3.63) is 82.5 Å². The number of thiazole rings is 1. The lowest BCUT2D eigenvalue weighted by atomic mass is 9.95. The Morgan fingerprint density at radius 1 is 1.20 bits per heavy atom. The molecule has 0 amide bonds. The Balaban J connectivity index is 1.74. The first-order chi connectivity index (χ1) is 19.3. The van der Waals surface area contributed by atoms with Crippen LogP contribution in [0.4, 0.5) is 5.69 Å². The summed E-state index contributed by atoms with van der Waals surface area (Å²) < 4.78 is 28.7. The van der Waals surface area contributed by atoms with Crippen LogP contribution in [0.2, 0.25) is 0 Å². The van der Waals surface area contributed by atoms with Crippen molar-refractivity contribution in [3.63, 3.8) is 0 Å². The Labute approximate surface area is 231 Å². The number of nitro benzene ring substituents is 1. The van der Waals surface area contributed by atoms with Crippen LogP contribution in [0, 0.1) is 10.1 Å². The second kappa shape index (κ2) is 10.8. The van der Waals surface area contributed by atoms with Gasteiger partial charge in [-0.05, 0) is 50.6 Å². The molecule has 1 aromatic heterocycles. The van der Waals surface area contributed by atoms with Crippen molar-refractivity contribution in [2.24, 2.45) is 4.99 Å². The van der Waals surface area contributed by atoms with E-state index in [1.54, 1.807) is 32.0 Å². The molecule has 3 aromatic rings. The zero-order valence-corrected chi connectivity index (χ0v) is 22.9. The van der Waals surface area contributed by atoms with Gasteiger partial charge in [-0.2, -0.15) is 0 Å². The van der Waals surface area contributed by atoms with Crippen molar-refractivity contribution in [1.29, 1.82) is 0 Å². The van der Waals surface area contributed by atoms with Crippen LogP contribution in [-0.2, 0) is 9.53 Å². The molecule has 0 bridgehead atoms. The highest BCUT2D eigenvalue weighted by Gasteiger charge is 2.34. The number of carbonyl (C=O) groups is 1. The van der Waals surface area contributed by atoms with E-state index in [1.807, 2.05) is 6.92 Å². The summed E-state index contributed by atoms with van der Waals surface area (Å²) in [6.45, 7) is 5.64. The zero-order valence-electron chi connectivity index (χ0n) is 22.1. The highest BCUT2D eigenvalue weighted by atomic mass is 32.1. The first kappa shape index (κ1) is 26.9. The van der Waals surface area contributed by atoms with Gasteiger partial charge < -0.3 is 23.7 Å². The Kier molecular flexibility index (Phi) is 7.30. The molecule has 2 aliphatic heterocycles. The minimum atomic E-state index is -0.894. The summed E-state index contributed by atoms with van der Waals surface area (Å²) in [5.41, 5.74) is 0.598. The van der Waals surface area contributed by atoms with Gasteiger partial charge in [-0.15, -0.1) is 0 Å². The quantitative estimate of drug-likeness (QED) is 0.228. The van der Waals surface area contributed by atoms with E-state index < -0.39 is 22.5 Å². The van der Waals surface area contributed by atoms with Gasteiger partial charge in [0.1, 0.15) is 0 Å². The van der Waals surface area contributed by atoms with Crippen LogP contribution in [0.5, 0.6) is 23.0 Å². The Morgan fingerprint density at radius 3 is 2.62 bits per heavy atom. The molecule has 1 atom stereocenters. The Bertz CT molecular complexity index is 1740. The lowest BCUT2D eigenvalue weighted by Gasteiger charge is -2.25. The fourth-order valence-electron chi connectivity index (χ4n) is 4.60. The molecule has 0 saturated carbocycles. The molecular weight excluding hydrogens is 542 g/mol. The number of methoxy groups -OCH3 is 1. The predicted octanol–water partition coefficient (Wildman–Crippen LogP) is 2.84. The first-order valence-corrected chi connectivity index (χ1v) is 13.2. The number of esters is 1. The van der Waals surface area contributed by atoms with E-state index in [4.69, 9.17) is 23.7 Å². The topological polar surface area (TPSA) is 141 Å². The van der Waals surface area contributed by atoms with Crippen LogP contribution < -0.4 is 33.8 Å². The molecule has 2 aromatic carbocycles. The van der Waals surface area contributed by atoms with Crippen LogP contribution in [0.25, 0.3) is 6.08 Å². The molecule has 208 valence electrons. The number of hydrogen-bond acceptors (Lipinski definition) is 11. The van der Waals surface area contributed by atoms with E-state index in [0.29, 0.717) is 39.9 Å².